The van der Waals surface area contributed by atoms with E-state index in [2.05, 4.69) is 0 Å². The van der Waals surface area contributed by atoms with Crippen LogP contribution in [0.3, 0.4) is 0 Å². The molecule has 0 spiro atoms. The van der Waals surface area contributed by atoms with Crippen molar-refractivity contribution >= 4 is 12.4 Å². The Morgan fingerprint density at radius 1 is 1.25 bits per heavy atom. The standard InChI is InChI=1S/C21H31NO4.CH4O/c1-21(2,3)26-20(24)22-12-9-17(10-13-22)7-5-15-25-19-8-4-6-18(16-19)11-14-23;1-2/h4,6,8,14,16-17H,5,7,9-13,15H2,1-3H3;2H,1H3. The van der Waals surface area contributed by atoms with Crippen LogP contribution in [0.2, 0.25) is 0 Å². The number of amides is 1. The van der Waals surface area contributed by atoms with Gasteiger partial charge in [0, 0.05) is 26.6 Å². The summed E-state index contributed by atoms with van der Waals surface area (Å²) < 4.78 is 11.2. The lowest BCUT2D eigenvalue weighted by molar-refractivity contribution is -0.107. The van der Waals surface area contributed by atoms with Crippen LogP contribution in [0.4, 0.5) is 4.79 Å². The molecule has 1 heterocycles. The zero-order chi connectivity index (χ0) is 21.0. The van der Waals surface area contributed by atoms with E-state index in [1.54, 1.807) is 0 Å². The molecule has 1 amide bonds. The van der Waals surface area contributed by atoms with Gasteiger partial charge in [-0.15, -0.1) is 0 Å². The molecule has 0 aromatic heterocycles. The van der Waals surface area contributed by atoms with Crippen LogP contribution in [0.25, 0.3) is 0 Å². The van der Waals surface area contributed by atoms with E-state index in [1.807, 2.05) is 49.9 Å². The Morgan fingerprint density at radius 2 is 1.93 bits per heavy atom. The number of piperidine rings is 1. The average molecular weight is 394 g/mol. The van der Waals surface area contributed by atoms with Crippen LogP contribution in [0, 0.1) is 5.92 Å². The highest BCUT2D eigenvalue weighted by Crippen LogP contribution is 2.23. The highest BCUT2D eigenvalue weighted by Gasteiger charge is 2.26. The van der Waals surface area contributed by atoms with Gasteiger partial charge in [0.25, 0.3) is 0 Å². The van der Waals surface area contributed by atoms with Crippen LogP contribution in [0.15, 0.2) is 24.3 Å². The lowest BCUT2D eigenvalue weighted by Crippen LogP contribution is -2.41. The fourth-order valence-corrected chi connectivity index (χ4v) is 3.15. The number of likely N-dealkylation sites (tertiary alicyclic amines) is 1. The smallest absolute Gasteiger partial charge is 0.410 e. The summed E-state index contributed by atoms with van der Waals surface area (Å²) in [5, 5.41) is 7.00. The molecule has 28 heavy (non-hydrogen) atoms. The van der Waals surface area contributed by atoms with Gasteiger partial charge in [-0.25, -0.2) is 4.79 Å². The molecule has 1 saturated heterocycles. The molecular formula is C22H35NO5. The summed E-state index contributed by atoms with van der Waals surface area (Å²) in [5.74, 6) is 1.46. The topological polar surface area (TPSA) is 76.1 Å². The lowest BCUT2D eigenvalue weighted by atomic mass is 9.92. The van der Waals surface area contributed by atoms with Gasteiger partial charge in [-0.1, -0.05) is 12.1 Å². The minimum atomic E-state index is -0.436. The second-order valence-corrected chi connectivity index (χ2v) is 7.92. The summed E-state index contributed by atoms with van der Waals surface area (Å²) in [6, 6.07) is 7.70. The molecule has 1 aromatic rings. The maximum atomic E-state index is 12.1. The van der Waals surface area contributed by atoms with Gasteiger partial charge in [0.1, 0.15) is 17.6 Å². The summed E-state index contributed by atoms with van der Waals surface area (Å²) in [6.45, 7) is 7.91. The number of carbonyl (C=O) groups is 2. The normalized spacial score (nSPS) is 14.7. The van der Waals surface area contributed by atoms with Crippen molar-refractivity contribution in [3.05, 3.63) is 29.8 Å². The van der Waals surface area contributed by atoms with Crippen molar-refractivity contribution in [1.82, 2.24) is 4.90 Å². The van der Waals surface area contributed by atoms with Gasteiger partial charge in [-0.2, -0.15) is 0 Å². The highest BCUT2D eigenvalue weighted by molar-refractivity contribution is 5.68. The van der Waals surface area contributed by atoms with Crippen molar-refractivity contribution in [2.45, 2.75) is 58.5 Å². The Kier molecular flexibility index (Phi) is 10.6. The van der Waals surface area contributed by atoms with E-state index in [1.165, 1.54) is 0 Å². The molecule has 1 aliphatic heterocycles. The molecule has 0 aliphatic carbocycles. The molecule has 1 aliphatic rings. The Balaban J connectivity index is 0.00000190. The molecule has 2 rings (SSSR count). The molecule has 0 saturated carbocycles. The number of carbonyl (C=O) groups excluding carboxylic acids is 2. The second kappa shape index (κ2) is 12.4. The van der Waals surface area contributed by atoms with E-state index in [9.17, 15) is 9.59 Å². The predicted molar refractivity (Wildman–Crippen MR) is 110 cm³/mol. The zero-order valence-electron chi connectivity index (χ0n) is 17.6. The van der Waals surface area contributed by atoms with Crippen LogP contribution < -0.4 is 4.74 Å². The first-order valence-electron chi connectivity index (χ1n) is 9.95. The summed E-state index contributed by atoms with van der Waals surface area (Å²) in [4.78, 5) is 24.5. The average Bonchev–Trinajstić information content (AvgIpc) is 2.67. The van der Waals surface area contributed by atoms with Gasteiger partial charge in [0.2, 0.25) is 0 Å². The van der Waals surface area contributed by atoms with Crippen molar-refractivity contribution in [2.75, 3.05) is 26.8 Å². The molecular weight excluding hydrogens is 358 g/mol. The van der Waals surface area contributed by atoms with E-state index < -0.39 is 5.60 Å². The fourth-order valence-electron chi connectivity index (χ4n) is 3.15. The molecule has 1 aromatic carbocycles. The number of hydrogen-bond acceptors (Lipinski definition) is 5. The van der Waals surface area contributed by atoms with E-state index >= 15 is 0 Å². The summed E-state index contributed by atoms with van der Waals surface area (Å²) in [5.41, 5.74) is 0.543. The first-order chi connectivity index (χ1) is 13.4. The van der Waals surface area contributed by atoms with Gasteiger partial charge in [-0.05, 0) is 70.1 Å². The van der Waals surface area contributed by atoms with Crippen molar-refractivity contribution < 1.29 is 24.2 Å². The van der Waals surface area contributed by atoms with Crippen LogP contribution in [-0.4, -0.2) is 54.8 Å². The van der Waals surface area contributed by atoms with Crippen molar-refractivity contribution in [3.8, 4) is 5.75 Å². The highest BCUT2D eigenvalue weighted by atomic mass is 16.6. The molecule has 1 N–H and O–H groups in total. The number of nitrogens with zero attached hydrogens (tertiary/aromatic N) is 1. The van der Waals surface area contributed by atoms with E-state index in [4.69, 9.17) is 14.6 Å². The second-order valence-electron chi connectivity index (χ2n) is 7.92. The van der Waals surface area contributed by atoms with Gasteiger partial charge >= 0.3 is 6.09 Å². The van der Waals surface area contributed by atoms with Gasteiger partial charge < -0.3 is 24.3 Å². The fraction of sp³-hybridized carbons (Fsp3) is 0.636. The zero-order valence-corrected chi connectivity index (χ0v) is 17.6. The number of aliphatic hydroxyl groups is 1. The Bertz CT molecular complexity index is 589. The van der Waals surface area contributed by atoms with Crippen LogP contribution in [-0.2, 0) is 16.0 Å². The molecule has 0 bridgehead atoms. The minimum Gasteiger partial charge on any atom is -0.494 e. The van der Waals surface area contributed by atoms with Crippen LogP contribution in [0.1, 0.15) is 52.0 Å². The Labute approximate surface area is 168 Å². The van der Waals surface area contributed by atoms with Gasteiger partial charge in [-0.3, -0.25) is 0 Å². The quantitative estimate of drug-likeness (QED) is 0.563. The third-order valence-electron chi connectivity index (χ3n) is 4.51. The largest absolute Gasteiger partial charge is 0.494 e. The molecule has 0 radical (unpaired) electrons. The molecule has 6 nitrogen and oxygen atoms in total. The molecule has 6 heteroatoms. The first-order valence-corrected chi connectivity index (χ1v) is 9.95. The van der Waals surface area contributed by atoms with Crippen molar-refractivity contribution in [1.29, 1.82) is 0 Å². The van der Waals surface area contributed by atoms with Crippen molar-refractivity contribution in [2.24, 2.45) is 5.92 Å². The SMILES string of the molecule is CC(C)(C)OC(=O)N1CCC(CCCOc2cccc(CC=O)c2)CC1.CO. The monoisotopic (exact) mass is 393 g/mol. The Morgan fingerprint density at radius 3 is 2.54 bits per heavy atom. The summed E-state index contributed by atoms with van der Waals surface area (Å²) >= 11 is 0. The van der Waals surface area contributed by atoms with Crippen molar-refractivity contribution in [3.63, 3.8) is 0 Å². The van der Waals surface area contributed by atoms with Crippen LogP contribution >= 0.6 is 0 Å². The molecule has 0 atom stereocenters. The van der Waals surface area contributed by atoms with Gasteiger partial charge in [0.05, 0.1) is 6.61 Å². The minimum absolute atomic E-state index is 0.200. The molecule has 1 fully saturated rings. The molecule has 158 valence electrons. The summed E-state index contributed by atoms with van der Waals surface area (Å²) in [7, 11) is 1.00. The van der Waals surface area contributed by atoms with Gasteiger partial charge in [0.15, 0.2) is 0 Å². The number of hydrogen-bond donors (Lipinski definition) is 1. The summed E-state index contributed by atoms with van der Waals surface area (Å²) in [6.07, 6.45) is 5.28. The maximum Gasteiger partial charge on any atom is 0.410 e. The number of rotatable bonds is 7. The molecule has 0 unspecified atom stereocenters. The van der Waals surface area contributed by atoms with Crippen LogP contribution in [0.5, 0.6) is 5.75 Å². The Hall–Kier alpha value is -2.08. The predicted octanol–water partition coefficient (Wildman–Crippen LogP) is 3.84. The number of benzene rings is 1. The lowest BCUT2D eigenvalue weighted by Gasteiger charge is -2.33. The maximum absolute atomic E-state index is 12.1. The first kappa shape index (κ1) is 24.0. The number of aliphatic hydroxyl groups excluding tert-OH is 1. The van der Waals surface area contributed by atoms with E-state index in [-0.39, 0.29) is 6.09 Å². The third-order valence-corrected chi connectivity index (χ3v) is 4.51. The van der Waals surface area contributed by atoms with E-state index in [0.29, 0.717) is 18.9 Å². The third kappa shape index (κ3) is 9.22. The van der Waals surface area contributed by atoms with E-state index in [0.717, 1.165) is 63.5 Å². The number of ether oxygens (including phenoxy) is 2. The number of aldehydes is 1.